The quantitative estimate of drug-likeness (QED) is 0.406. The molecule has 0 unspecified atom stereocenters. The summed E-state index contributed by atoms with van der Waals surface area (Å²) in [7, 11) is 1.57. The van der Waals surface area contributed by atoms with Gasteiger partial charge in [0.1, 0.15) is 11.6 Å². The van der Waals surface area contributed by atoms with E-state index in [1.54, 1.807) is 25.6 Å². The molecule has 0 atom stereocenters. The van der Waals surface area contributed by atoms with Gasteiger partial charge in [0.25, 0.3) is 0 Å². The van der Waals surface area contributed by atoms with Crippen LogP contribution in [0.15, 0.2) is 55.0 Å². The van der Waals surface area contributed by atoms with Crippen molar-refractivity contribution in [1.82, 2.24) is 24.3 Å². The molecule has 0 radical (unpaired) electrons. The Labute approximate surface area is 183 Å². The SMILES string of the molecule is COc1cc(-c2nc(C(C)C)n(-c3cccc(C(F)(F)F)c3)n2)ccc1-n1cnc(C)c1. The van der Waals surface area contributed by atoms with Crippen LogP contribution in [0.1, 0.15) is 36.8 Å². The molecule has 0 aliphatic rings. The van der Waals surface area contributed by atoms with E-state index < -0.39 is 11.7 Å². The highest BCUT2D eigenvalue weighted by atomic mass is 19.4. The Hall–Kier alpha value is -3.62. The zero-order valence-electron chi connectivity index (χ0n) is 18.1. The number of aryl methyl sites for hydroxylation is 1. The monoisotopic (exact) mass is 441 g/mol. The Morgan fingerprint density at radius 1 is 1.06 bits per heavy atom. The molecule has 0 saturated heterocycles. The fourth-order valence-corrected chi connectivity index (χ4v) is 3.41. The van der Waals surface area contributed by atoms with Crippen LogP contribution in [0.2, 0.25) is 0 Å². The summed E-state index contributed by atoms with van der Waals surface area (Å²) in [4.78, 5) is 8.87. The van der Waals surface area contributed by atoms with E-state index in [9.17, 15) is 13.2 Å². The molecule has 4 aromatic rings. The molecule has 9 heteroatoms. The summed E-state index contributed by atoms with van der Waals surface area (Å²) in [6, 6.07) is 10.6. The molecule has 0 amide bonds. The summed E-state index contributed by atoms with van der Waals surface area (Å²) in [5.74, 6) is 1.51. The number of alkyl halides is 3. The van der Waals surface area contributed by atoms with Gasteiger partial charge in [0.2, 0.25) is 0 Å². The molecule has 4 rings (SSSR count). The molecule has 6 nitrogen and oxygen atoms in total. The summed E-state index contributed by atoms with van der Waals surface area (Å²) in [5, 5.41) is 4.54. The van der Waals surface area contributed by atoms with E-state index in [4.69, 9.17) is 4.74 Å². The van der Waals surface area contributed by atoms with Gasteiger partial charge in [0.05, 0.1) is 36.1 Å². The van der Waals surface area contributed by atoms with Gasteiger partial charge in [-0.1, -0.05) is 19.9 Å². The van der Waals surface area contributed by atoms with Crippen LogP contribution >= 0.6 is 0 Å². The summed E-state index contributed by atoms with van der Waals surface area (Å²) in [6.07, 6.45) is -0.856. The Morgan fingerprint density at radius 2 is 1.84 bits per heavy atom. The largest absolute Gasteiger partial charge is 0.495 e. The Morgan fingerprint density at radius 3 is 2.47 bits per heavy atom. The lowest BCUT2D eigenvalue weighted by Gasteiger charge is -2.11. The van der Waals surface area contributed by atoms with Gasteiger partial charge in [0, 0.05) is 17.7 Å². The normalized spacial score (nSPS) is 11.9. The van der Waals surface area contributed by atoms with E-state index in [1.807, 2.05) is 43.7 Å². The molecule has 32 heavy (non-hydrogen) atoms. The minimum atomic E-state index is -4.44. The average Bonchev–Trinajstić information content (AvgIpc) is 3.39. The van der Waals surface area contributed by atoms with E-state index in [-0.39, 0.29) is 5.92 Å². The van der Waals surface area contributed by atoms with Gasteiger partial charge in [-0.2, -0.15) is 13.2 Å². The molecular formula is C23H22F3N5O. The molecule has 2 aromatic heterocycles. The molecular weight excluding hydrogens is 419 g/mol. The molecule has 166 valence electrons. The number of ether oxygens (including phenoxy) is 1. The first-order chi connectivity index (χ1) is 15.2. The number of nitrogens with zero attached hydrogens (tertiary/aromatic N) is 5. The van der Waals surface area contributed by atoms with Crippen LogP contribution in [-0.2, 0) is 6.18 Å². The van der Waals surface area contributed by atoms with Crippen molar-refractivity contribution in [1.29, 1.82) is 0 Å². The lowest BCUT2D eigenvalue weighted by atomic mass is 10.1. The van der Waals surface area contributed by atoms with Gasteiger partial charge in [0.15, 0.2) is 5.82 Å². The molecule has 0 aliphatic carbocycles. The number of rotatable bonds is 5. The summed E-state index contributed by atoms with van der Waals surface area (Å²) >= 11 is 0. The van der Waals surface area contributed by atoms with Crippen LogP contribution in [0.5, 0.6) is 5.75 Å². The van der Waals surface area contributed by atoms with Crippen molar-refractivity contribution < 1.29 is 17.9 Å². The molecule has 0 saturated carbocycles. The number of hydrogen-bond donors (Lipinski definition) is 0. The van der Waals surface area contributed by atoms with Crippen LogP contribution in [0, 0.1) is 6.92 Å². The molecule has 0 N–H and O–H groups in total. The first-order valence-corrected chi connectivity index (χ1v) is 10.0. The van der Waals surface area contributed by atoms with Gasteiger partial charge >= 0.3 is 6.18 Å². The van der Waals surface area contributed by atoms with Crippen molar-refractivity contribution in [3.05, 3.63) is 72.1 Å². The number of hydrogen-bond acceptors (Lipinski definition) is 4. The summed E-state index contributed by atoms with van der Waals surface area (Å²) in [5.41, 5.74) is 1.94. The Kier molecular flexibility index (Phi) is 5.50. The van der Waals surface area contributed by atoms with Crippen LogP contribution in [-0.4, -0.2) is 31.4 Å². The number of imidazole rings is 1. The van der Waals surface area contributed by atoms with Gasteiger partial charge < -0.3 is 9.30 Å². The van der Waals surface area contributed by atoms with Gasteiger partial charge in [-0.25, -0.2) is 14.6 Å². The van der Waals surface area contributed by atoms with Crippen molar-refractivity contribution in [2.24, 2.45) is 0 Å². The number of halogens is 3. The smallest absolute Gasteiger partial charge is 0.416 e. The maximum absolute atomic E-state index is 13.2. The van der Waals surface area contributed by atoms with Crippen molar-refractivity contribution in [3.8, 4) is 28.5 Å². The highest BCUT2D eigenvalue weighted by molar-refractivity contribution is 5.63. The third-order valence-electron chi connectivity index (χ3n) is 4.99. The van der Waals surface area contributed by atoms with Crippen LogP contribution < -0.4 is 4.74 Å². The zero-order chi connectivity index (χ0) is 23.0. The molecule has 2 heterocycles. The van der Waals surface area contributed by atoms with Crippen LogP contribution in [0.3, 0.4) is 0 Å². The highest BCUT2D eigenvalue weighted by Gasteiger charge is 2.31. The standard InChI is InChI=1S/C23H22F3N5O/c1-14(2)22-28-21(29-31(22)18-7-5-6-17(11-18)23(24,25)26)16-8-9-19(20(10-16)32-4)30-12-15(3)27-13-30/h5-14H,1-4H3. The topological polar surface area (TPSA) is 57.8 Å². The lowest BCUT2D eigenvalue weighted by Crippen LogP contribution is -2.09. The minimum Gasteiger partial charge on any atom is -0.495 e. The lowest BCUT2D eigenvalue weighted by molar-refractivity contribution is -0.137. The third kappa shape index (κ3) is 4.10. The predicted molar refractivity (Wildman–Crippen MR) is 114 cm³/mol. The average molecular weight is 441 g/mol. The van der Waals surface area contributed by atoms with E-state index in [0.717, 1.165) is 23.5 Å². The van der Waals surface area contributed by atoms with Crippen molar-refractivity contribution in [3.63, 3.8) is 0 Å². The fraction of sp³-hybridized carbons (Fsp3) is 0.261. The third-order valence-corrected chi connectivity index (χ3v) is 4.99. The fourth-order valence-electron chi connectivity index (χ4n) is 3.41. The Balaban J connectivity index is 1.79. The molecule has 0 bridgehead atoms. The van der Waals surface area contributed by atoms with Crippen LogP contribution in [0.4, 0.5) is 13.2 Å². The maximum Gasteiger partial charge on any atom is 0.416 e. The summed E-state index contributed by atoms with van der Waals surface area (Å²) in [6.45, 7) is 5.74. The number of methoxy groups -OCH3 is 1. The van der Waals surface area contributed by atoms with E-state index in [2.05, 4.69) is 15.1 Å². The van der Waals surface area contributed by atoms with E-state index in [0.29, 0.717) is 28.6 Å². The van der Waals surface area contributed by atoms with E-state index >= 15 is 0 Å². The van der Waals surface area contributed by atoms with Crippen molar-refractivity contribution in [2.45, 2.75) is 32.9 Å². The molecule has 0 aliphatic heterocycles. The van der Waals surface area contributed by atoms with Gasteiger partial charge in [-0.15, -0.1) is 5.10 Å². The summed E-state index contributed by atoms with van der Waals surface area (Å²) < 4.78 is 48.5. The Bertz CT molecular complexity index is 1260. The second kappa shape index (κ2) is 8.14. The first-order valence-electron chi connectivity index (χ1n) is 10.0. The maximum atomic E-state index is 13.2. The second-order valence-corrected chi connectivity index (χ2v) is 7.72. The number of aromatic nitrogens is 5. The first kappa shape index (κ1) is 21.6. The minimum absolute atomic E-state index is 0.0547. The predicted octanol–water partition coefficient (Wildman–Crippen LogP) is 5.58. The zero-order valence-corrected chi connectivity index (χ0v) is 18.1. The highest BCUT2D eigenvalue weighted by Crippen LogP contribution is 2.32. The molecule has 0 fully saturated rings. The van der Waals surface area contributed by atoms with Gasteiger partial charge in [-0.3, -0.25) is 0 Å². The number of benzene rings is 2. The van der Waals surface area contributed by atoms with Gasteiger partial charge in [-0.05, 0) is 43.3 Å². The van der Waals surface area contributed by atoms with Crippen molar-refractivity contribution >= 4 is 0 Å². The van der Waals surface area contributed by atoms with E-state index in [1.165, 1.54) is 10.7 Å². The molecule has 0 spiro atoms. The van der Waals surface area contributed by atoms with Crippen molar-refractivity contribution in [2.75, 3.05) is 7.11 Å². The van der Waals surface area contributed by atoms with Crippen LogP contribution in [0.25, 0.3) is 22.8 Å². The second-order valence-electron chi connectivity index (χ2n) is 7.72. The molecule has 2 aromatic carbocycles.